The highest BCUT2D eigenvalue weighted by atomic mass is 16.5. The fourth-order valence-corrected chi connectivity index (χ4v) is 2.32. The lowest BCUT2D eigenvalue weighted by molar-refractivity contribution is 0.101. The third-order valence-electron chi connectivity index (χ3n) is 3.58. The van der Waals surface area contributed by atoms with E-state index in [2.05, 4.69) is 20.4 Å². The van der Waals surface area contributed by atoms with Crippen LogP contribution in [0.5, 0.6) is 0 Å². The Balaban J connectivity index is 1.48. The van der Waals surface area contributed by atoms with Crippen LogP contribution in [0.15, 0.2) is 78.0 Å². The van der Waals surface area contributed by atoms with E-state index in [-0.39, 0.29) is 11.6 Å². The molecule has 7 nitrogen and oxygen atoms in total. The summed E-state index contributed by atoms with van der Waals surface area (Å²) in [5.41, 5.74) is 1.64. The van der Waals surface area contributed by atoms with Crippen molar-refractivity contribution in [3.63, 3.8) is 0 Å². The highest BCUT2D eigenvalue weighted by Crippen LogP contribution is 2.20. The van der Waals surface area contributed by atoms with E-state index in [1.807, 2.05) is 30.3 Å². The molecule has 0 aliphatic carbocycles. The summed E-state index contributed by atoms with van der Waals surface area (Å²) in [6.07, 6.45) is 6.69. The highest BCUT2D eigenvalue weighted by molar-refractivity contribution is 6.03. The molecule has 3 heterocycles. The van der Waals surface area contributed by atoms with Gasteiger partial charge in [0.25, 0.3) is 5.91 Å². The van der Waals surface area contributed by atoms with Crippen LogP contribution in [0.25, 0.3) is 17.1 Å². The van der Waals surface area contributed by atoms with Gasteiger partial charge in [-0.05, 0) is 12.1 Å². The van der Waals surface area contributed by atoms with Crippen molar-refractivity contribution in [1.82, 2.24) is 19.7 Å². The van der Waals surface area contributed by atoms with E-state index < -0.39 is 0 Å². The standard InChI is InChI=1S/C18H13N5O2/c24-18(15-10-16(25-22-15)13-4-2-1-3-5-13)21-14-6-7-17(20-11-14)23-9-8-19-12-23/h1-12H,(H,21,24). The van der Waals surface area contributed by atoms with Crippen LogP contribution in [0.1, 0.15) is 10.5 Å². The highest BCUT2D eigenvalue weighted by Gasteiger charge is 2.14. The van der Waals surface area contributed by atoms with E-state index >= 15 is 0 Å². The van der Waals surface area contributed by atoms with Gasteiger partial charge in [0.1, 0.15) is 12.1 Å². The molecule has 7 heteroatoms. The second-order valence-corrected chi connectivity index (χ2v) is 5.27. The van der Waals surface area contributed by atoms with Gasteiger partial charge in [-0.1, -0.05) is 35.5 Å². The summed E-state index contributed by atoms with van der Waals surface area (Å²) in [6.45, 7) is 0. The Kier molecular flexibility index (Phi) is 3.80. The number of nitrogens with one attached hydrogen (secondary N) is 1. The van der Waals surface area contributed by atoms with Gasteiger partial charge in [-0.3, -0.25) is 9.36 Å². The number of aromatic nitrogens is 4. The predicted molar refractivity (Wildman–Crippen MR) is 91.3 cm³/mol. The van der Waals surface area contributed by atoms with E-state index in [4.69, 9.17) is 4.52 Å². The zero-order chi connectivity index (χ0) is 17.1. The van der Waals surface area contributed by atoms with Crippen LogP contribution >= 0.6 is 0 Å². The second-order valence-electron chi connectivity index (χ2n) is 5.27. The van der Waals surface area contributed by atoms with E-state index in [1.165, 1.54) is 0 Å². The van der Waals surface area contributed by atoms with E-state index in [0.29, 0.717) is 17.3 Å². The van der Waals surface area contributed by atoms with Crippen LogP contribution in [0.4, 0.5) is 5.69 Å². The summed E-state index contributed by atoms with van der Waals surface area (Å²) >= 11 is 0. The number of carbonyl (C=O) groups is 1. The summed E-state index contributed by atoms with van der Waals surface area (Å²) in [5, 5.41) is 6.57. The van der Waals surface area contributed by atoms with Crippen molar-refractivity contribution >= 4 is 11.6 Å². The van der Waals surface area contributed by atoms with Crippen molar-refractivity contribution in [1.29, 1.82) is 0 Å². The Morgan fingerprint density at radius 2 is 2.00 bits per heavy atom. The maximum atomic E-state index is 12.3. The zero-order valence-electron chi connectivity index (χ0n) is 13.0. The van der Waals surface area contributed by atoms with Crippen molar-refractivity contribution in [2.24, 2.45) is 0 Å². The van der Waals surface area contributed by atoms with Crippen LogP contribution in [0, 0.1) is 0 Å². The Morgan fingerprint density at radius 3 is 2.72 bits per heavy atom. The van der Waals surface area contributed by atoms with Crippen LogP contribution in [-0.2, 0) is 0 Å². The van der Waals surface area contributed by atoms with E-state index in [0.717, 1.165) is 5.56 Å². The number of amides is 1. The van der Waals surface area contributed by atoms with Gasteiger partial charge in [0.15, 0.2) is 11.5 Å². The predicted octanol–water partition coefficient (Wildman–Crippen LogP) is 3.17. The molecule has 0 radical (unpaired) electrons. The Labute approximate surface area is 143 Å². The average molecular weight is 331 g/mol. The smallest absolute Gasteiger partial charge is 0.277 e. The number of hydrogen-bond acceptors (Lipinski definition) is 5. The molecule has 3 aromatic heterocycles. The Morgan fingerprint density at radius 1 is 1.12 bits per heavy atom. The molecule has 4 rings (SSSR count). The molecule has 0 atom stereocenters. The summed E-state index contributed by atoms with van der Waals surface area (Å²) in [4.78, 5) is 20.6. The molecule has 4 aromatic rings. The summed E-state index contributed by atoms with van der Waals surface area (Å²) < 4.78 is 7.01. The van der Waals surface area contributed by atoms with Gasteiger partial charge in [-0.15, -0.1) is 0 Å². The fraction of sp³-hybridized carbons (Fsp3) is 0. The normalized spacial score (nSPS) is 10.6. The summed E-state index contributed by atoms with van der Waals surface area (Å²) in [7, 11) is 0. The molecular formula is C18H13N5O2. The van der Waals surface area contributed by atoms with Gasteiger partial charge in [0, 0.05) is 24.0 Å². The van der Waals surface area contributed by atoms with Gasteiger partial charge < -0.3 is 9.84 Å². The van der Waals surface area contributed by atoms with Crippen LogP contribution in [0.3, 0.4) is 0 Å². The topological polar surface area (TPSA) is 85.8 Å². The fourth-order valence-electron chi connectivity index (χ4n) is 2.32. The molecule has 25 heavy (non-hydrogen) atoms. The number of anilines is 1. The van der Waals surface area contributed by atoms with Crippen molar-refractivity contribution in [3.05, 3.63) is 79.1 Å². The number of benzene rings is 1. The van der Waals surface area contributed by atoms with Gasteiger partial charge in [0.05, 0.1) is 11.9 Å². The first-order chi connectivity index (χ1) is 12.3. The van der Waals surface area contributed by atoms with Crippen molar-refractivity contribution in [2.75, 3.05) is 5.32 Å². The molecule has 0 saturated heterocycles. The molecular weight excluding hydrogens is 318 g/mol. The number of rotatable bonds is 4. The largest absolute Gasteiger partial charge is 0.355 e. The van der Waals surface area contributed by atoms with Crippen molar-refractivity contribution in [2.45, 2.75) is 0 Å². The summed E-state index contributed by atoms with van der Waals surface area (Å²) in [5.74, 6) is 0.894. The number of hydrogen-bond donors (Lipinski definition) is 1. The van der Waals surface area contributed by atoms with Crippen molar-refractivity contribution < 1.29 is 9.32 Å². The van der Waals surface area contributed by atoms with Crippen LogP contribution in [-0.4, -0.2) is 25.6 Å². The van der Waals surface area contributed by atoms with E-state index in [1.54, 1.807) is 47.7 Å². The molecule has 0 aliphatic rings. The van der Waals surface area contributed by atoms with E-state index in [9.17, 15) is 4.79 Å². The lowest BCUT2D eigenvalue weighted by Gasteiger charge is -2.04. The quantitative estimate of drug-likeness (QED) is 0.621. The molecule has 122 valence electrons. The maximum absolute atomic E-state index is 12.3. The summed E-state index contributed by atoms with van der Waals surface area (Å²) in [6, 6.07) is 14.6. The lowest BCUT2D eigenvalue weighted by atomic mass is 10.1. The molecule has 0 saturated carbocycles. The number of nitrogens with zero attached hydrogens (tertiary/aromatic N) is 4. The van der Waals surface area contributed by atoms with Crippen LogP contribution < -0.4 is 5.32 Å². The number of imidazole rings is 1. The SMILES string of the molecule is O=C(Nc1ccc(-n2ccnc2)nc1)c1cc(-c2ccccc2)on1. The second kappa shape index (κ2) is 6.40. The Bertz CT molecular complexity index is 976. The molecule has 0 fully saturated rings. The minimum absolute atomic E-state index is 0.206. The zero-order valence-corrected chi connectivity index (χ0v) is 13.0. The molecule has 1 amide bonds. The third-order valence-corrected chi connectivity index (χ3v) is 3.58. The minimum atomic E-state index is -0.358. The van der Waals surface area contributed by atoms with Gasteiger partial charge in [-0.2, -0.15) is 0 Å². The average Bonchev–Trinajstić information content (AvgIpc) is 3.35. The first-order valence-corrected chi connectivity index (χ1v) is 7.57. The maximum Gasteiger partial charge on any atom is 0.277 e. The molecule has 0 aliphatic heterocycles. The molecule has 1 N–H and O–H groups in total. The molecule has 1 aromatic carbocycles. The first kappa shape index (κ1) is 14.8. The van der Waals surface area contributed by atoms with Crippen molar-refractivity contribution in [3.8, 4) is 17.1 Å². The monoisotopic (exact) mass is 331 g/mol. The Hall–Kier alpha value is -3.74. The van der Waals surface area contributed by atoms with Crippen LogP contribution in [0.2, 0.25) is 0 Å². The van der Waals surface area contributed by atoms with Gasteiger partial charge in [-0.25, -0.2) is 9.97 Å². The lowest BCUT2D eigenvalue weighted by Crippen LogP contribution is -2.12. The first-order valence-electron chi connectivity index (χ1n) is 7.57. The number of carbonyl (C=O) groups excluding carboxylic acids is 1. The van der Waals surface area contributed by atoms with Gasteiger partial charge in [0.2, 0.25) is 0 Å². The van der Waals surface area contributed by atoms with Gasteiger partial charge >= 0.3 is 0 Å². The molecule has 0 bridgehead atoms. The minimum Gasteiger partial charge on any atom is -0.355 e. The molecule has 0 spiro atoms. The third kappa shape index (κ3) is 3.16. The molecule has 0 unspecified atom stereocenters. The number of pyridine rings is 1.